The van der Waals surface area contributed by atoms with Gasteiger partial charge in [0.15, 0.2) is 0 Å². The summed E-state index contributed by atoms with van der Waals surface area (Å²) in [6.45, 7) is 4.39. The van der Waals surface area contributed by atoms with E-state index in [0.717, 1.165) is 16.7 Å². The van der Waals surface area contributed by atoms with E-state index < -0.39 is 6.10 Å². The lowest BCUT2D eigenvalue weighted by atomic mass is 10.0. The maximum atomic E-state index is 11.7. The van der Waals surface area contributed by atoms with Crippen molar-refractivity contribution >= 4 is 6.03 Å². The van der Waals surface area contributed by atoms with Gasteiger partial charge in [-0.1, -0.05) is 29.3 Å². The van der Waals surface area contributed by atoms with Crippen molar-refractivity contribution in [2.24, 2.45) is 0 Å². The number of aliphatic hydroxyl groups is 1. The Labute approximate surface area is 129 Å². The van der Waals surface area contributed by atoms with E-state index in [0.29, 0.717) is 12.2 Å². The standard InChI is InChI=1S/C16H20N4O2/c1-11-6-12(2)8-13(7-11)15(21)10-18-16(22)17-9-14-4-3-5-19-20-14/h3-8,15,21H,9-10H2,1-2H3,(H2,17,18,22)/t15-/m0/s1. The summed E-state index contributed by atoms with van der Waals surface area (Å²) < 4.78 is 0. The summed E-state index contributed by atoms with van der Waals surface area (Å²) in [5.41, 5.74) is 3.64. The van der Waals surface area contributed by atoms with Gasteiger partial charge in [0.05, 0.1) is 18.3 Å². The van der Waals surface area contributed by atoms with Gasteiger partial charge in [-0.15, -0.1) is 0 Å². The first kappa shape index (κ1) is 15.9. The molecule has 0 fully saturated rings. The number of hydrogen-bond acceptors (Lipinski definition) is 4. The van der Waals surface area contributed by atoms with E-state index in [9.17, 15) is 9.90 Å². The van der Waals surface area contributed by atoms with E-state index in [1.165, 1.54) is 0 Å². The van der Waals surface area contributed by atoms with E-state index in [1.807, 2.05) is 32.0 Å². The predicted molar refractivity (Wildman–Crippen MR) is 83.1 cm³/mol. The molecular weight excluding hydrogens is 280 g/mol. The lowest BCUT2D eigenvalue weighted by Gasteiger charge is -2.14. The third kappa shape index (κ3) is 4.82. The molecule has 0 spiro atoms. The Kier molecular flexibility index (Phi) is 5.43. The van der Waals surface area contributed by atoms with Gasteiger partial charge in [0.2, 0.25) is 0 Å². The van der Waals surface area contributed by atoms with Crippen LogP contribution in [0.15, 0.2) is 36.5 Å². The zero-order chi connectivity index (χ0) is 15.9. The van der Waals surface area contributed by atoms with Crippen molar-refractivity contribution in [3.8, 4) is 0 Å². The molecule has 3 N–H and O–H groups in total. The van der Waals surface area contributed by atoms with Gasteiger partial charge < -0.3 is 15.7 Å². The molecule has 1 aromatic heterocycles. The number of urea groups is 1. The molecule has 1 aromatic carbocycles. The van der Waals surface area contributed by atoms with E-state index in [4.69, 9.17) is 0 Å². The Morgan fingerprint density at radius 1 is 1.23 bits per heavy atom. The Morgan fingerprint density at radius 3 is 2.59 bits per heavy atom. The molecule has 2 aromatic rings. The van der Waals surface area contributed by atoms with Gasteiger partial charge in [0, 0.05) is 12.7 Å². The highest BCUT2D eigenvalue weighted by Gasteiger charge is 2.10. The summed E-state index contributed by atoms with van der Waals surface area (Å²) in [4.78, 5) is 11.7. The molecule has 0 saturated heterocycles. The highest BCUT2D eigenvalue weighted by Crippen LogP contribution is 2.16. The molecule has 0 radical (unpaired) electrons. The molecule has 6 heteroatoms. The number of hydrogen-bond donors (Lipinski definition) is 3. The van der Waals surface area contributed by atoms with Gasteiger partial charge in [-0.05, 0) is 31.5 Å². The topological polar surface area (TPSA) is 87.1 Å². The monoisotopic (exact) mass is 300 g/mol. The Balaban J connectivity index is 1.80. The smallest absolute Gasteiger partial charge is 0.315 e. The fraction of sp³-hybridized carbons (Fsp3) is 0.312. The van der Waals surface area contributed by atoms with Crippen molar-refractivity contribution in [1.29, 1.82) is 0 Å². The number of carbonyl (C=O) groups is 1. The number of benzene rings is 1. The number of nitrogens with zero attached hydrogens (tertiary/aromatic N) is 2. The summed E-state index contributed by atoms with van der Waals surface area (Å²) in [7, 11) is 0. The number of amides is 2. The van der Waals surface area contributed by atoms with Gasteiger partial charge in [0.1, 0.15) is 0 Å². The fourth-order valence-corrected chi connectivity index (χ4v) is 2.17. The highest BCUT2D eigenvalue weighted by molar-refractivity contribution is 5.73. The molecule has 0 aliphatic rings. The zero-order valence-electron chi connectivity index (χ0n) is 12.7. The van der Waals surface area contributed by atoms with Crippen molar-refractivity contribution in [3.05, 3.63) is 58.9 Å². The van der Waals surface area contributed by atoms with Crippen LogP contribution in [0.4, 0.5) is 4.79 Å². The SMILES string of the molecule is Cc1cc(C)cc([C@@H](O)CNC(=O)NCc2cccnn2)c1. The number of rotatable bonds is 5. The number of aromatic nitrogens is 2. The Morgan fingerprint density at radius 2 is 1.95 bits per heavy atom. The number of nitrogens with one attached hydrogen (secondary N) is 2. The highest BCUT2D eigenvalue weighted by atomic mass is 16.3. The molecule has 0 saturated carbocycles. The van der Waals surface area contributed by atoms with Crippen LogP contribution in [0.1, 0.15) is 28.5 Å². The second kappa shape index (κ2) is 7.51. The van der Waals surface area contributed by atoms with Gasteiger partial charge in [-0.2, -0.15) is 10.2 Å². The van der Waals surface area contributed by atoms with Crippen molar-refractivity contribution in [2.75, 3.05) is 6.54 Å². The molecule has 2 rings (SSSR count). The molecule has 116 valence electrons. The molecule has 0 bridgehead atoms. The van der Waals surface area contributed by atoms with Crippen LogP contribution in [-0.2, 0) is 6.54 Å². The van der Waals surface area contributed by atoms with Gasteiger partial charge in [0.25, 0.3) is 0 Å². The minimum atomic E-state index is -0.735. The first-order chi connectivity index (χ1) is 10.5. The Hall–Kier alpha value is -2.47. The van der Waals surface area contributed by atoms with Gasteiger partial charge in [-0.25, -0.2) is 4.79 Å². The minimum absolute atomic E-state index is 0.148. The summed E-state index contributed by atoms with van der Waals surface area (Å²) in [6.07, 6.45) is 0.838. The van der Waals surface area contributed by atoms with Gasteiger partial charge in [-0.3, -0.25) is 0 Å². The largest absolute Gasteiger partial charge is 0.387 e. The van der Waals surface area contributed by atoms with Crippen LogP contribution in [0, 0.1) is 13.8 Å². The second-order valence-electron chi connectivity index (χ2n) is 5.22. The van der Waals surface area contributed by atoms with Crippen LogP contribution >= 0.6 is 0 Å². The number of aliphatic hydroxyl groups excluding tert-OH is 1. The van der Waals surface area contributed by atoms with Crippen LogP contribution in [-0.4, -0.2) is 27.9 Å². The second-order valence-corrected chi connectivity index (χ2v) is 5.22. The molecule has 22 heavy (non-hydrogen) atoms. The van der Waals surface area contributed by atoms with E-state index >= 15 is 0 Å². The molecule has 0 unspecified atom stereocenters. The minimum Gasteiger partial charge on any atom is -0.387 e. The number of aryl methyl sites for hydroxylation is 2. The summed E-state index contributed by atoms with van der Waals surface area (Å²) in [5.74, 6) is 0. The average Bonchev–Trinajstić information content (AvgIpc) is 2.50. The summed E-state index contributed by atoms with van der Waals surface area (Å²) in [6, 6.07) is 9.04. The lowest BCUT2D eigenvalue weighted by molar-refractivity contribution is 0.173. The molecular formula is C16H20N4O2. The maximum absolute atomic E-state index is 11.7. The van der Waals surface area contributed by atoms with Crippen molar-refractivity contribution in [3.63, 3.8) is 0 Å². The molecule has 1 atom stereocenters. The van der Waals surface area contributed by atoms with E-state index in [-0.39, 0.29) is 12.6 Å². The van der Waals surface area contributed by atoms with Crippen LogP contribution in [0.5, 0.6) is 0 Å². The predicted octanol–water partition coefficient (Wildman–Crippen LogP) is 1.63. The Bertz CT molecular complexity index is 611. The third-order valence-electron chi connectivity index (χ3n) is 3.14. The molecule has 0 aliphatic heterocycles. The lowest BCUT2D eigenvalue weighted by Crippen LogP contribution is -2.37. The van der Waals surface area contributed by atoms with Crippen LogP contribution < -0.4 is 10.6 Å². The van der Waals surface area contributed by atoms with E-state index in [2.05, 4.69) is 20.8 Å². The van der Waals surface area contributed by atoms with Crippen molar-refractivity contribution < 1.29 is 9.90 Å². The summed E-state index contributed by atoms with van der Waals surface area (Å²) in [5, 5.41) is 23.0. The third-order valence-corrected chi connectivity index (χ3v) is 3.14. The van der Waals surface area contributed by atoms with E-state index in [1.54, 1.807) is 18.3 Å². The molecule has 6 nitrogen and oxygen atoms in total. The fourth-order valence-electron chi connectivity index (χ4n) is 2.17. The average molecular weight is 300 g/mol. The van der Waals surface area contributed by atoms with Crippen LogP contribution in [0.2, 0.25) is 0 Å². The number of carbonyl (C=O) groups excluding carboxylic acids is 1. The van der Waals surface area contributed by atoms with Gasteiger partial charge >= 0.3 is 6.03 Å². The first-order valence-electron chi connectivity index (χ1n) is 7.09. The zero-order valence-corrected chi connectivity index (χ0v) is 12.7. The molecule has 1 heterocycles. The quantitative estimate of drug-likeness (QED) is 0.783. The summed E-state index contributed by atoms with van der Waals surface area (Å²) >= 11 is 0. The molecule has 2 amide bonds. The normalized spacial score (nSPS) is 11.8. The van der Waals surface area contributed by atoms with Crippen molar-refractivity contribution in [1.82, 2.24) is 20.8 Å². The van der Waals surface area contributed by atoms with Crippen LogP contribution in [0.25, 0.3) is 0 Å². The van der Waals surface area contributed by atoms with Crippen LogP contribution in [0.3, 0.4) is 0 Å². The molecule has 0 aliphatic carbocycles. The maximum Gasteiger partial charge on any atom is 0.315 e. The van der Waals surface area contributed by atoms with Crippen molar-refractivity contribution in [2.45, 2.75) is 26.5 Å². The first-order valence-corrected chi connectivity index (χ1v) is 7.09.